The van der Waals surface area contributed by atoms with Crippen molar-refractivity contribution in [2.75, 3.05) is 13.1 Å². The molecule has 0 atom stereocenters. The fraction of sp³-hybridized carbons (Fsp3) is 0.545. The molecule has 0 amide bonds. The number of alkyl halides is 3. The number of nitrogens with zero attached hydrogens (tertiary/aromatic N) is 3. The van der Waals surface area contributed by atoms with Gasteiger partial charge in [-0.3, -0.25) is 0 Å². The number of fused-ring (bicyclic) bond motifs is 1. The maximum absolute atomic E-state index is 13.0. The van der Waals surface area contributed by atoms with Crippen LogP contribution in [0.4, 0.5) is 13.2 Å². The number of halogens is 3. The number of aromatic amines is 1. The number of piperidine rings is 1. The zero-order chi connectivity index (χ0) is 20.7. The largest absolute Gasteiger partial charge is 0.434 e. The minimum atomic E-state index is -4.42. The summed E-state index contributed by atoms with van der Waals surface area (Å²) in [7, 11) is 0. The van der Waals surface area contributed by atoms with Crippen molar-refractivity contribution in [3.05, 3.63) is 35.1 Å². The molecule has 2 fully saturated rings. The summed E-state index contributed by atoms with van der Waals surface area (Å²) >= 11 is 1.02. The molecular formula is C22H25F3N4S. The van der Waals surface area contributed by atoms with Gasteiger partial charge in [0.2, 0.25) is 0 Å². The fourth-order valence-electron chi connectivity index (χ4n) is 5.01. The molecule has 0 radical (unpaired) electrons. The number of pyridine rings is 1. The van der Waals surface area contributed by atoms with Gasteiger partial charge < -0.3 is 9.88 Å². The molecule has 4 nitrogen and oxygen atoms in total. The number of hydrogen-bond acceptors (Lipinski definition) is 4. The molecule has 1 saturated carbocycles. The summed E-state index contributed by atoms with van der Waals surface area (Å²) in [6.45, 7) is 2.48. The van der Waals surface area contributed by atoms with Crippen LogP contribution < -0.4 is 0 Å². The van der Waals surface area contributed by atoms with E-state index >= 15 is 0 Å². The molecule has 8 heteroatoms. The molecule has 1 aliphatic heterocycles. The van der Waals surface area contributed by atoms with E-state index in [0.29, 0.717) is 28.2 Å². The minimum Gasteiger partial charge on any atom is -0.345 e. The van der Waals surface area contributed by atoms with E-state index in [-0.39, 0.29) is 0 Å². The molecule has 1 aliphatic carbocycles. The Labute approximate surface area is 177 Å². The van der Waals surface area contributed by atoms with Crippen molar-refractivity contribution < 1.29 is 13.2 Å². The van der Waals surface area contributed by atoms with Crippen molar-refractivity contribution in [1.82, 2.24) is 19.9 Å². The Bertz CT molecular complexity index is 1010. The Morgan fingerprint density at radius 3 is 2.53 bits per heavy atom. The normalized spacial score (nSPS) is 23.8. The van der Waals surface area contributed by atoms with Gasteiger partial charge in [0, 0.05) is 34.8 Å². The van der Waals surface area contributed by atoms with Crippen LogP contribution in [0, 0.1) is 0 Å². The minimum absolute atomic E-state index is 0.376. The topological polar surface area (TPSA) is 44.8 Å². The van der Waals surface area contributed by atoms with Crippen LogP contribution in [0.25, 0.3) is 21.6 Å². The van der Waals surface area contributed by atoms with Crippen molar-refractivity contribution in [2.24, 2.45) is 0 Å². The first-order valence-electron chi connectivity index (χ1n) is 10.7. The lowest BCUT2D eigenvalue weighted by atomic mass is 9.81. The smallest absolute Gasteiger partial charge is 0.345 e. The zero-order valence-corrected chi connectivity index (χ0v) is 17.5. The van der Waals surface area contributed by atoms with E-state index in [0.717, 1.165) is 34.9 Å². The summed E-state index contributed by atoms with van der Waals surface area (Å²) in [4.78, 5) is 14.1. The summed E-state index contributed by atoms with van der Waals surface area (Å²) in [5.74, 6) is 0.465. The summed E-state index contributed by atoms with van der Waals surface area (Å²) in [6, 6.07) is 2.81. The van der Waals surface area contributed by atoms with Gasteiger partial charge in [0.1, 0.15) is 10.7 Å². The first kappa shape index (κ1) is 20.0. The Kier molecular flexibility index (Phi) is 5.31. The van der Waals surface area contributed by atoms with Gasteiger partial charge in [-0.15, -0.1) is 11.3 Å². The third kappa shape index (κ3) is 3.87. The molecule has 0 spiro atoms. The average molecular weight is 435 g/mol. The highest BCUT2D eigenvalue weighted by molar-refractivity contribution is 7.13. The monoisotopic (exact) mass is 434 g/mol. The van der Waals surface area contributed by atoms with E-state index in [9.17, 15) is 13.2 Å². The second-order valence-corrected chi connectivity index (χ2v) is 9.36. The van der Waals surface area contributed by atoms with Crippen LogP contribution in [0.15, 0.2) is 23.8 Å². The molecule has 1 N–H and O–H groups in total. The van der Waals surface area contributed by atoms with E-state index in [1.54, 1.807) is 6.20 Å². The van der Waals surface area contributed by atoms with Gasteiger partial charge in [0.15, 0.2) is 5.69 Å². The van der Waals surface area contributed by atoms with Gasteiger partial charge in [-0.2, -0.15) is 13.2 Å². The van der Waals surface area contributed by atoms with E-state index < -0.39 is 11.9 Å². The molecule has 4 heterocycles. The maximum Gasteiger partial charge on any atom is 0.434 e. The summed E-state index contributed by atoms with van der Waals surface area (Å²) in [6.07, 6.45) is 7.94. The molecule has 0 bridgehead atoms. The Hall–Kier alpha value is -1.93. The number of H-pyrrole nitrogens is 1. The van der Waals surface area contributed by atoms with Gasteiger partial charge in [-0.25, -0.2) is 9.97 Å². The molecule has 30 heavy (non-hydrogen) atoms. The second-order valence-electron chi connectivity index (χ2n) is 8.50. The lowest BCUT2D eigenvalue weighted by Gasteiger charge is -2.39. The summed E-state index contributed by atoms with van der Waals surface area (Å²) < 4.78 is 38.9. The van der Waals surface area contributed by atoms with Crippen LogP contribution in [0.1, 0.15) is 62.1 Å². The third-order valence-electron chi connectivity index (χ3n) is 6.65. The standard InChI is InChI=1S/C22H25F3N4S/c23-22(24,25)19-13-30-21(28-19)18-12-27-20-17(18)10-15(11-26-20)14-4-6-16(7-5-14)29-8-2-1-3-9-29/h10-14,16H,1-9H2,(H,26,27)/t14-,16+. The number of aromatic nitrogens is 3. The van der Waals surface area contributed by atoms with E-state index in [1.165, 1.54) is 50.8 Å². The van der Waals surface area contributed by atoms with E-state index in [4.69, 9.17) is 0 Å². The van der Waals surface area contributed by atoms with Gasteiger partial charge in [-0.1, -0.05) is 6.42 Å². The average Bonchev–Trinajstić information content (AvgIpc) is 3.41. The van der Waals surface area contributed by atoms with Gasteiger partial charge in [0.25, 0.3) is 0 Å². The molecule has 3 aromatic rings. The predicted molar refractivity (Wildman–Crippen MR) is 113 cm³/mol. The molecule has 5 rings (SSSR count). The van der Waals surface area contributed by atoms with Crippen LogP contribution in [-0.2, 0) is 6.18 Å². The van der Waals surface area contributed by atoms with Crippen LogP contribution in [-0.4, -0.2) is 39.0 Å². The van der Waals surface area contributed by atoms with Crippen LogP contribution in [0.5, 0.6) is 0 Å². The molecule has 0 aromatic carbocycles. The van der Waals surface area contributed by atoms with Crippen molar-refractivity contribution in [3.8, 4) is 10.6 Å². The molecule has 160 valence electrons. The second kappa shape index (κ2) is 7.96. The highest BCUT2D eigenvalue weighted by Gasteiger charge is 2.34. The molecular weight excluding hydrogens is 409 g/mol. The van der Waals surface area contributed by atoms with Gasteiger partial charge in [0.05, 0.1) is 0 Å². The van der Waals surface area contributed by atoms with Crippen LogP contribution >= 0.6 is 11.3 Å². The van der Waals surface area contributed by atoms with Crippen LogP contribution in [0.2, 0.25) is 0 Å². The van der Waals surface area contributed by atoms with Crippen molar-refractivity contribution in [2.45, 2.75) is 63.1 Å². The number of hydrogen-bond donors (Lipinski definition) is 1. The molecule has 3 aromatic heterocycles. The van der Waals surface area contributed by atoms with E-state index in [1.807, 2.05) is 6.20 Å². The Morgan fingerprint density at radius 2 is 1.83 bits per heavy atom. The summed E-state index contributed by atoms with van der Waals surface area (Å²) in [5, 5.41) is 2.31. The zero-order valence-electron chi connectivity index (χ0n) is 16.7. The van der Waals surface area contributed by atoms with Crippen molar-refractivity contribution in [3.63, 3.8) is 0 Å². The summed E-state index contributed by atoms with van der Waals surface area (Å²) in [5.41, 5.74) is 1.74. The third-order valence-corrected chi connectivity index (χ3v) is 7.53. The number of rotatable bonds is 3. The van der Waals surface area contributed by atoms with Crippen molar-refractivity contribution in [1.29, 1.82) is 0 Å². The number of nitrogens with one attached hydrogen (secondary N) is 1. The number of likely N-dealkylation sites (tertiary alicyclic amines) is 1. The van der Waals surface area contributed by atoms with Crippen LogP contribution in [0.3, 0.4) is 0 Å². The lowest BCUT2D eigenvalue weighted by Crippen LogP contribution is -2.41. The number of thiazole rings is 1. The fourth-order valence-corrected chi connectivity index (χ4v) is 5.86. The first-order chi connectivity index (χ1) is 14.5. The SMILES string of the molecule is FC(F)(F)c1csc(-c2c[nH]c3ncc([C@H]4CC[C@@H](N5CCCCC5)CC4)cc23)n1. The van der Waals surface area contributed by atoms with Gasteiger partial charge >= 0.3 is 6.18 Å². The lowest BCUT2D eigenvalue weighted by molar-refractivity contribution is -0.140. The highest BCUT2D eigenvalue weighted by Crippen LogP contribution is 2.39. The van der Waals surface area contributed by atoms with E-state index in [2.05, 4.69) is 25.9 Å². The Morgan fingerprint density at radius 1 is 1.07 bits per heavy atom. The molecule has 1 saturated heterocycles. The van der Waals surface area contributed by atoms with Gasteiger partial charge in [-0.05, 0) is 69.2 Å². The molecule has 2 aliphatic rings. The predicted octanol–water partition coefficient (Wildman–Crippen LogP) is 6.22. The first-order valence-corrected chi connectivity index (χ1v) is 11.6. The highest BCUT2D eigenvalue weighted by atomic mass is 32.1. The Balaban J connectivity index is 1.35. The maximum atomic E-state index is 13.0. The van der Waals surface area contributed by atoms with Crippen molar-refractivity contribution >= 4 is 22.4 Å². The quantitative estimate of drug-likeness (QED) is 0.532. The molecule has 0 unspecified atom stereocenters.